The van der Waals surface area contributed by atoms with E-state index in [4.69, 9.17) is 4.74 Å². The van der Waals surface area contributed by atoms with Crippen LogP contribution in [0.2, 0.25) is 0 Å². The van der Waals surface area contributed by atoms with Gasteiger partial charge in [-0.15, -0.1) is 6.58 Å². The number of carbonyl (C=O) groups is 2. The van der Waals surface area contributed by atoms with E-state index in [0.29, 0.717) is 11.8 Å². The largest absolute Gasteiger partial charge is 0.478 e. The molecule has 3 aliphatic heterocycles. The van der Waals surface area contributed by atoms with Gasteiger partial charge in [0.1, 0.15) is 6.10 Å². The SMILES string of the molecule is C=C[C@H]1CN2CC[C@H]1C[C@H]2[C@H](O)c1ccnc2ccccc12.CC(C)(C)[C@@H](OC(=O)c1ccccc1C(=O)O)c1ccccc1. The van der Waals surface area contributed by atoms with Crippen LogP contribution >= 0.6 is 0 Å². The summed E-state index contributed by atoms with van der Waals surface area (Å²) in [6.45, 7) is 12.0. The Balaban J connectivity index is 0.000000178. The third kappa shape index (κ3) is 7.16. The van der Waals surface area contributed by atoms with Gasteiger partial charge in [-0.1, -0.05) is 87.5 Å². The highest BCUT2D eigenvalue weighted by Gasteiger charge is 2.42. The minimum atomic E-state index is -1.15. The summed E-state index contributed by atoms with van der Waals surface area (Å²) >= 11 is 0. The van der Waals surface area contributed by atoms with Gasteiger partial charge in [-0.05, 0) is 66.6 Å². The summed E-state index contributed by atoms with van der Waals surface area (Å²) in [7, 11) is 0. The maximum atomic E-state index is 12.5. The highest BCUT2D eigenvalue weighted by Crippen LogP contribution is 2.42. The molecule has 4 aromatic rings. The van der Waals surface area contributed by atoms with E-state index < -0.39 is 24.1 Å². The van der Waals surface area contributed by atoms with Crippen molar-refractivity contribution in [2.45, 2.75) is 51.9 Å². The van der Waals surface area contributed by atoms with Crippen LogP contribution in [-0.4, -0.2) is 51.2 Å². The molecule has 1 aromatic heterocycles. The number of carboxylic acid groups (broad SMARTS) is 1. The standard InChI is InChI=1S/C19H22N2O.C19H20O4/c1-2-13-12-21-10-8-14(13)11-18(21)19(22)16-7-9-20-17-6-4-3-5-15(16)17;1-19(2,3)16(13-9-5-4-6-10-13)23-18(22)15-12-8-7-11-14(15)17(20)21/h2-7,9,13-14,18-19,22H,1,8,10-12H2;4-12,16H,1-3H3,(H,20,21)/t13-,14-,18-,19+;16-/m00/s1. The number of aliphatic hydroxyl groups is 1. The molecule has 0 radical (unpaired) electrons. The summed E-state index contributed by atoms with van der Waals surface area (Å²) in [6, 6.07) is 25.8. The molecule has 0 spiro atoms. The van der Waals surface area contributed by atoms with E-state index >= 15 is 0 Å². The Hall–Kier alpha value is -4.33. The summed E-state index contributed by atoms with van der Waals surface area (Å²) in [6.07, 6.45) is 5.29. The third-order valence-corrected chi connectivity index (χ3v) is 9.01. The molecule has 0 aliphatic carbocycles. The molecule has 1 unspecified atom stereocenters. The number of hydrogen-bond acceptors (Lipinski definition) is 6. The van der Waals surface area contributed by atoms with Crippen molar-refractivity contribution in [2.24, 2.45) is 17.3 Å². The fourth-order valence-electron chi connectivity index (χ4n) is 6.68. The van der Waals surface area contributed by atoms with E-state index in [1.54, 1.807) is 12.1 Å². The van der Waals surface area contributed by atoms with E-state index in [1.165, 1.54) is 18.6 Å². The van der Waals surface area contributed by atoms with E-state index in [1.807, 2.05) is 81.6 Å². The monoisotopic (exact) mass is 606 g/mol. The molecule has 3 fully saturated rings. The van der Waals surface area contributed by atoms with Crippen LogP contribution in [0.3, 0.4) is 0 Å². The number of aromatic carboxylic acids is 1. The number of esters is 1. The highest BCUT2D eigenvalue weighted by atomic mass is 16.5. The fraction of sp³-hybridized carbons (Fsp3) is 0.342. The molecule has 2 bridgehead atoms. The highest BCUT2D eigenvalue weighted by molar-refractivity contribution is 6.02. The van der Waals surface area contributed by atoms with Crippen molar-refractivity contribution in [2.75, 3.05) is 13.1 Å². The van der Waals surface area contributed by atoms with Crippen LogP contribution < -0.4 is 0 Å². The van der Waals surface area contributed by atoms with Crippen LogP contribution in [0.1, 0.15) is 77.7 Å². The van der Waals surface area contributed by atoms with Gasteiger partial charge in [0.25, 0.3) is 0 Å². The van der Waals surface area contributed by atoms with Gasteiger partial charge in [-0.3, -0.25) is 9.88 Å². The quantitative estimate of drug-likeness (QED) is 0.166. The number of aliphatic hydroxyl groups excluding tert-OH is 1. The van der Waals surface area contributed by atoms with E-state index in [2.05, 4.69) is 28.6 Å². The first-order chi connectivity index (χ1) is 21.6. The van der Waals surface area contributed by atoms with Gasteiger partial charge in [-0.25, -0.2) is 9.59 Å². The first kappa shape index (κ1) is 32.1. The van der Waals surface area contributed by atoms with Crippen LogP contribution in [0.15, 0.2) is 104 Å². The van der Waals surface area contributed by atoms with E-state index in [9.17, 15) is 19.8 Å². The minimum absolute atomic E-state index is 0.0572. The molecule has 3 aliphatic rings. The average molecular weight is 607 g/mol. The number of ether oxygens (including phenoxy) is 1. The Labute approximate surface area is 265 Å². The predicted molar refractivity (Wildman–Crippen MR) is 176 cm³/mol. The molecule has 4 heterocycles. The molecular formula is C38H42N2O5. The van der Waals surface area contributed by atoms with Crippen LogP contribution in [0, 0.1) is 17.3 Å². The van der Waals surface area contributed by atoms with Crippen LogP contribution in [0.5, 0.6) is 0 Å². The van der Waals surface area contributed by atoms with Crippen LogP contribution in [0.4, 0.5) is 0 Å². The molecule has 7 rings (SSSR count). The smallest absolute Gasteiger partial charge is 0.339 e. The minimum Gasteiger partial charge on any atom is -0.478 e. The summed E-state index contributed by atoms with van der Waals surface area (Å²) in [4.78, 5) is 30.6. The second-order valence-corrected chi connectivity index (χ2v) is 13.0. The van der Waals surface area contributed by atoms with Gasteiger partial charge in [0.2, 0.25) is 0 Å². The summed E-state index contributed by atoms with van der Waals surface area (Å²) < 4.78 is 5.68. The molecule has 234 valence electrons. The molecule has 0 saturated carbocycles. The Kier molecular flexibility index (Phi) is 9.80. The second-order valence-electron chi connectivity index (χ2n) is 13.0. The number of benzene rings is 3. The summed E-state index contributed by atoms with van der Waals surface area (Å²) in [5, 5.41) is 21.3. The number of aromatic nitrogens is 1. The predicted octanol–water partition coefficient (Wildman–Crippen LogP) is 7.49. The number of nitrogens with zero attached hydrogens (tertiary/aromatic N) is 2. The number of fused-ring (bicyclic) bond motifs is 4. The van der Waals surface area contributed by atoms with Crippen LogP contribution in [-0.2, 0) is 4.74 Å². The number of carboxylic acids is 1. The lowest BCUT2D eigenvalue weighted by atomic mass is 9.73. The van der Waals surface area contributed by atoms with Crippen molar-refractivity contribution >= 4 is 22.8 Å². The second kappa shape index (κ2) is 13.8. The Morgan fingerprint density at radius 1 is 0.978 bits per heavy atom. The fourth-order valence-corrected chi connectivity index (χ4v) is 6.68. The van der Waals surface area contributed by atoms with Gasteiger partial charge < -0.3 is 14.9 Å². The lowest BCUT2D eigenvalue weighted by Crippen LogP contribution is -2.54. The van der Waals surface area contributed by atoms with Gasteiger partial charge in [0, 0.05) is 29.6 Å². The first-order valence-corrected chi connectivity index (χ1v) is 15.5. The normalized spacial score (nSPS) is 22.0. The van der Waals surface area contributed by atoms with Crippen molar-refractivity contribution in [3.05, 3.63) is 126 Å². The zero-order valence-electron chi connectivity index (χ0n) is 26.2. The molecule has 6 atom stereocenters. The van der Waals surface area contributed by atoms with Crippen molar-refractivity contribution < 1.29 is 24.5 Å². The number of carbonyl (C=O) groups excluding carboxylic acids is 1. The lowest BCUT2D eigenvalue weighted by Gasteiger charge is -2.50. The third-order valence-electron chi connectivity index (χ3n) is 9.01. The van der Waals surface area contributed by atoms with Crippen LogP contribution in [0.25, 0.3) is 10.9 Å². The Morgan fingerprint density at radius 2 is 1.64 bits per heavy atom. The lowest BCUT2D eigenvalue weighted by molar-refractivity contribution is -0.0444. The number of hydrogen-bond donors (Lipinski definition) is 2. The number of pyridine rings is 1. The number of piperidine rings is 3. The van der Waals surface area contributed by atoms with Gasteiger partial charge in [0.05, 0.1) is 22.7 Å². The van der Waals surface area contributed by atoms with Crippen molar-refractivity contribution in [1.82, 2.24) is 9.88 Å². The molecule has 3 aromatic carbocycles. The van der Waals surface area contributed by atoms with Gasteiger partial charge in [0.15, 0.2) is 0 Å². The van der Waals surface area contributed by atoms with Crippen molar-refractivity contribution in [3.63, 3.8) is 0 Å². The maximum absolute atomic E-state index is 12.5. The molecule has 3 saturated heterocycles. The molecule has 2 N–H and O–H groups in total. The first-order valence-electron chi connectivity index (χ1n) is 15.5. The maximum Gasteiger partial charge on any atom is 0.339 e. The average Bonchev–Trinajstić information content (AvgIpc) is 3.06. The zero-order valence-corrected chi connectivity index (χ0v) is 26.2. The molecule has 0 amide bonds. The summed E-state index contributed by atoms with van der Waals surface area (Å²) in [5.41, 5.74) is 2.52. The summed E-state index contributed by atoms with van der Waals surface area (Å²) in [5.74, 6) is -0.516. The zero-order chi connectivity index (χ0) is 32.1. The molecule has 7 nitrogen and oxygen atoms in total. The Bertz CT molecular complexity index is 1640. The molecule has 45 heavy (non-hydrogen) atoms. The Morgan fingerprint density at radius 3 is 2.29 bits per heavy atom. The van der Waals surface area contributed by atoms with Crippen molar-refractivity contribution in [3.8, 4) is 0 Å². The van der Waals surface area contributed by atoms with Gasteiger partial charge in [-0.2, -0.15) is 0 Å². The molecule has 7 heteroatoms. The van der Waals surface area contributed by atoms with Crippen molar-refractivity contribution in [1.29, 1.82) is 0 Å². The molecular weight excluding hydrogens is 564 g/mol. The van der Waals surface area contributed by atoms with Gasteiger partial charge >= 0.3 is 11.9 Å². The van der Waals surface area contributed by atoms with E-state index in [0.717, 1.165) is 41.5 Å². The van der Waals surface area contributed by atoms with E-state index in [-0.39, 0.29) is 22.6 Å². The number of rotatable bonds is 7. The topological polar surface area (TPSA) is 100.0 Å². The number of para-hydroxylation sites is 1.